The molecule has 0 aliphatic carbocycles. The third-order valence-corrected chi connectivity index (χ3v) is 2.68. The van der Waals surface area contributed by atoms with E-state index in [4.69, 9.17) is 0 Å². The van der Waals surface area contributed by atoms with Crippen molar-refractivity contribution in [3.63, 3.8) is 0 Å². The summed E-state index contributed by atoms with van der Waals surface area (Å²) in [5, 5.41) is 1.37. The molecule has 0 bridgehead atoms. The summed E-state index contributed by atoms with van der Waals surface area (Å²) in [6.07, 6.45) is 0. The Morgan fingerprint density at radius 3 is 3.00 bits per heavy atom. The van der Waals surface area contributed by atoms with Gasteiger partial charge >= 0.3 is 0 Å². The van der Waals surface area contributed by atoms with Gasteiger partial charge in [-0.25, -0.2) is 0 Å². The lowest BCUT2D eigenvalue weighted by Gasteiger charge is -2.05. The monoisotopic (exact) mass is 259 g/mol. The van der Waals surface area contributed by atoms with Crippen LogP contribution in [-0.4, -0.2) is 4.55 Å². The van der Waals surface area contributed by atoms with Gasteiger partial charge < -0.3 is 4.55 Å². The second-order valence-corrected chi connectivity index (χ2v) is 4.55. The van der Waals surface area contributed by atoms with Crippen molar-refractivity contribution in [2.75, 3.05) is 0 Å². The van der Waals surface area contributed by atoms with Crippen LogP contribution in [0.15, 0.2) is 40.7 Å². The smallest absolute Gasteiger partial charge is 0.131 e. The fraction of sp³-hybridized carbons (Fsp3) is 0.111. The number of hydrogen-bond acceptors (Lipinski definition) is 2. The van der Waals surface area contributed by atoms with E-state index < -0.39 is 11.4 Å². The largest absolute Gasteiger partial charge is 0.593 e. The fourth-order valence-corrected chi connectivity index (χ4v) is 1.73. The van der Waals surface area contributed by atoms with Crippen LogP contribution in [0.25, 0.3) is 0 Å². The third-order valence-electron chi connectivity index (χ3n) is 1.46. The van der Waals surface area contributed by atoms with E-state index in [9.17, 15) is 4.55 Å². The van der Waals surface area contributed by atoms with E-state index in [-0.39, 0.29) is 0 Å². The van der Waals surface area contributed by atoms with Gasteiger partial charge in [0.25, 0.3) is 0 Å². The molecule has 70 valence electrons. The van der Waals surface area contributed by atoms with Crippen molar-refractivity contribution in [3.05, 3.63) is 46.3 Å². The molecule has 0 aliphatic rings. The quantitative estimate of drug-likeness (QED) is 0.843. The lowest BCUT2D eigenvalue weighted by molar-refractivity contribution is 0.589. The summed E-state index contributed by atoms with van der Waals surface area (Å²) in [5.74, 6) is 0. The summed E-state index contributed by atoms with van der Waals surface area (Å²) in [6.45, 7) is 4.00. The second-order valence-electron chi connectivity index (χ2n) is 2.42. The molecular weight excluding hydrogens is 250 g/mol. The standard InChI is InChI=1S/C9H10BrNOS/c1-2-13(12)11-7-8-4-3-5-9(10)6-8/h2-6,11H,1,7H2. The number of nitrogens with one attached hydrogen (secondary N) is 1. The van der Waals surface area contributed by atoms with Gasteiger partial charge in [0.1, 0.15) is 5.41 Å². The van der Waals surface area contributed by atoms with E-state index >= 15 is 0 Å². The summed E-state index contributed by atoms with van der Waals surface area (Å²) in [4.78, 5) is 0. The summed E-state index contributed by atoms with van der Waals surface area (Å²) >= 11 is 2.23. The van der Waals surface area contributed by atoms with Gasteiger partial charge in [-0.2, -0.15) is 0 Å². The van der Waals surface area contributed by atoms with Gasteiger partial charge in [0.15, 0.2) is 0 Å². The number of benzene rings is 1. The van der Waals surface area contributed by atoms with Crippen molar-refractivity contribution in [1.29, 1.82) is 0 Å². The molecule has 1 aromatic carbocycles. The van der Waals surface area contributed by atoms with E-state index in [1.54, 1.807) is 0 Å². The third kappa shape index (κ3) is 3.95. The Morgan fingerprint density at radius 1 is 1.62 bits per heavy atom. The predicted molar refractivity (Wildman–Crippen MR) is 59.3 cm³/mol. The highest BCUT2D eigenvalue weighted by atomic mass is 79.9. The van der Waals surface area contributed by atoms with Gasteiger partial charge in [-0.05, 0) is 24.3 Å². The molecule has 1 N–H and O–H groups in total. The van der Waals surface area contributed by atoms with Gasteiger partial charge in [-0.1, -0.05) is 28.1 Å². The predicted octanol–water partition coefficient (Wildman–Crippen LogP) is 2.35. The first-order valence-electron chi connectivity index (χ1n) is 3.73. The molecule has 1 atom stereocenters. The molecule has 13 heavy (non-hydrogen) atoms. The van der Waals surface area contributed by atoms with E-state index in [0.717, 1.165) is 10.0 Å². The molecule has 0 spiro atoms. The van der Waals surface area contributed by atoms with Gasteiger partial charge in [0.2, 0.25) is 0 Å². The minimum Gasteiger partial charge on any atom is -0.593 e. The van der Waals surface area contributed by atoms with Gasteiger partial charge in [-0.15, -0.1) is 4.72 Å². The minimum absolute atomic E-state index is 0.581. The summed E-state index contributed by atoms with van der Waals surface area (Å²) in [5.41, 5.74) is 1.09. The first-order chi connectivity index (χ1) is 6.22. The SMILES string of the molecule is C=C[S+]([O-])NCc1cccc(Br)c1. The van der Waals surface area contributed by atoms with Crippen LogP contribution in [-0.2, 0) is 17.9 Å². The van der Waals surface area contributed by atoms with Crippen LogP contribution in [0.3, 0.4) is 0 Å². The molecule has 0 radical (unpaired) electrons. The summed E-state index contributed by atoms with van der Waals surface area (Å²) in [6, 6.07) is 7.84. The lowest BCUT2D eigenvalue weighted by atomic mass is 10.2. The first kappa shape index (κ1) is 10.8. The second kappa shape index (κ2) is 5.44. The Bertz CT molecular complexity index is 293. The van der Waals surface area contributed by atoms with E-state index in [1.807, 2.05) is 24.3 Å². The molecule has 0 aromatic heterocycles. The zero-order valence-electron chi connectivity index (χ0n) is 7.00. The Labute approximate surface area is 89.5 Å². The number of hydrogen-bond donors (Lipinski definition) is 1. The molecule has 2 nitrogen and oxygen atoms in total. The zero-order valence-corrected chi connectivity index (χ0v) is 9.40. The maximum atomic E-state index is 10.9. The Hall–Kier alpha value is -0.290. The Balaban J connectivity index is 2.49. The van der Waals surface area contributed by atoms with Crippen LogP contribution >= 0.6 is 15.9 Å². The van der Waals surface area contributed by atoms with Crippen molar-refractivity contribution in [2.24, 2.45) is 0 Å². The number of rotatable bonds is 4. The summed E-state index contributed by atoms with van der Waals surface area (Å²) in [7, 11) is 0. The van der Waals surface area contributed by atoms with Crippen LogP contribution in [0.5, 0.6) is 0 Å². The Morgan fingerprint density at radius 2 is 2.38 bits per heavy atom. The molecule has 1 rings (SSSR count). The van der Waals surface area contributed by atoms with Crippen LogP contribution in [0.1, 0.15) is 5.56 Å². The van der Waals surface area contributed by atoms with Gasteiger partial charge in [-0.3, -0.25) is 0 Å². The average Bonchev–Trinajstić information content (AvgIpc) is 2.14. The molecule has 0 fully saturated rings. The molecule has 1 unspecified atom stereocenters. The fourth-order valence-electron chi connectivity index (χ4n) is 0.860. The van der Waals surface area contributed by atoms with Crippen molar-refractivity contribution in [2.45, 2.75) is 6.54 Å². The highest BCUT2D eigenvalue weighted by Crippen LogP contribution is 2.11. The molecular formula is C9H10BrNOS. The Kier molecular flexibility index (Phi) is 4.52. The molecule has 0 saturated heterocycles. The van der Waals surface area contributed by atoms with Gasteiger partial charge in [0, 0.05) is 4.47 Å². The molecule has 1 aromatic rings. The topological polar surface area (TPSA) is 35.1 Å². The lowest BCUT2D eigenvalue weighted by Crippen LogP contribution is -2.20. The normalized spacial score (nSPS) is 12.5. The minimum atomic E-state index is -1.14. The highest BCUT2D eigenvalue weighted by molar-refractivity contribution is 9.10. The molecule has 0 amide bonds. The molecule has 0 aliphatic heterocycles. The molecule has 0 heterocycles. The molecule has 4 heteroatoms. The van der Waals surface area contributed by atoms with Gasteiger partial charge in [0.05, 0.1) is 17.9 Å². The van der Waals surface area contributed by atoms with Crippen LogP contribution in [0, 0.1) is 0 Å². The van der Waals surface area contributed by atoms with Crippen LogP contribution in [0.4, 0.5) is 0 Å². The zero-order chi connectivity index (χ0) is 9.68. The van der Waals surface area contributed by atoms with Crippen molar-refractivity contribution >= 4 is 27.3 Å². The van der Waals surface area contributed by atoms with Crippen LogP contribution < -0.4 is 4.72 Å². The first-order valence-corrected chi connectivity index (χ1v) is 5.74. The molecule has 0 saturated carbocycles. The maximum absolute atomic E-state index is 10.9. The van der Waals surface area contributed by atoms with Crippen molar-refractivity contribution < 1.29 is 4.55 Å². The van der Waals surface area contributed by atoms with Crippen LogP contribution in [0.2, 0.25) is 0 Å². The highest BCUT2D eigenvalue weighted by Gasteiger charge is 1.99. The van der Waals surface area contributed by atoms with E-state index in [2.05, 4.69) is 27.2 Å². The van der Waals surface area contributed by atoms with Crippen molar-refractivity contribution in [1.82, 2.24) is 4.72 Å². The maximum Gasteiger partial charge on any atom is 0.131 e. The summed E-state index contributed by atoms with van der Waals surface area (Å²) < 4.78 is 14.8. The number of halogens is 1. The van der Waals surface area contributed by atoms with E-state index in [1.165, 1.54) is 5.41 Å². The average molecular weight is 260 g/mol. The van der Waals surface area contributed by atoms with E-state index in [0.29, 0.717) is 6.54 Å². The van der Waals surface area contributed by atoms with Crippen molar-refractivity contribution in [3.8, 4) is 0 Å².